The minimum Gasteiger partial charge on any atom is -0.339 e. The molecule has 1 amide bonds. The summed E-state index contributed by atoms with van der Waals surface area (Å²) in [6.45, 7) is 7.32. The van der Waals surface area contributed by atoms with Gasteiger partial charge in [0, 0.05) is 22.8 Å². The van der Waals surface area contributed by atoms with Crippen LogP contribution in [0.2, 0.25) is 0 Å². The number of hydrogen-bond acceptors (Lipinski definition) is 5. The van der Waals surface area contributed by atoms with Gasteiger partial charge in [0.2, 0.25) is 5.89 Å². The van der Waals surface area contributed by atoms with Crippen molar-refractivity contribution >= 4 is 17.2 Å². The molecule has 2 aromatic rings. The zero-order valence-electron chi connectivity index (χ0n) is 12.5. The smallest absolute Gasteiger partial charge is 0.255 e. The molecule has 3 heterocycles. The lowest BCUT2D eigenvalue weighted by Gasteiger charge is -2.31. The summed E-state index contributed by atoms with van der Waals surface area (Å²) in [5, 5.41) is 3.85. The van der Waals surface area contributed by atoms with E-state index in [0.717, 1.165) is 29.8 Å². The largest absolute Gasteiger partial charge is 0.339 e. The Balaban J connectivity index is 1.77. The van der Waals surface area contributed by atoms with Crippen LogP contribution in [0, 0.1) is 20.8 Å². The number of aryl methyl sites for hydroxylation is 3. The molecule has 1 aliphatic heterocycles. The third-order valence-corrected chi connectivity index (χ3v) is 4.84. The van der Waals surface area contributed by atoms with E-state index in [4.69, 9.17) is 4.52 Å². The fourth-order valence-corrected chi connectivity index (χ4v) is 3.77. The van der Waals surface area contributed by atoms with Crippen molar-refractivity contribution < 1.29 is 9.32 Å². The van der Waals surface area contributed by atoms with Gasteiger partial charge in [0.05, 0.1) is 11.5 Å². The predicted octanol–water partition coefficient (Wildman–Crippen LogP) is 3.08. The van der Waals surface area contributed by atoms with Crippen LogP contribution in [-0.4, -0.2) is 34.0 Å². The molecule has 0 aliphatic carbocycles. The van der Waals surface area contributed by atoms with E-state index >= 15 is 0 Å². The summed E-state index contributed by atoms with van der Waals surface area (Å²) in [6.07, 6.45) is 1.97. The van der Waals surface area contributed by atoms with Crippen molar-refractivity contribution in [3.8, 4) is 0 Å². The molecule has 0 saturated carbocycles. The van der Waals surface area contributed by atoms with Gasteiger partial charge in [-0.25, -0.2) is 0 Å². The maximum Gasteiger partial charge on any atom is 0.255 e. The van der Waals surface area contributed by atoms with Crippen LogP contribution in [0.1, 0.15) is 50.6 Å². The minimum absolute atomic E-state index is 0.123. The molecular weight excluding hydrogens is 286 g/mol. The van der Waals surface area contributed by atoms with Crippen LogP contribution >= 0.6 is 11.3 Å². The van der Waals surface area contributed by atoms with E-state index in [1.807, 2.05) is 31.7 Å². The second kappa shape index (κ2) is 5.60. The first kappa shape index (κ1) is 14.3. The number of rotatable bonds is 2. The highest BCUT2D eigenvalue weighted by molar-refractivity contribution is 7.12. The third-order valence-electron chi connectivity index (χ3n) is 3.87. The summed E-state index contributed by atoms with van der Waals surface area (Å²) in [4.78, 5) is 21.2. The fourth-order valence-electron chi connectivity index (χ4n) is 2.86. The van der Waals surface area contributed by atoms with Crippen LogP contribution in [0.15, 0.2) is 10.6 Å². The number of piperidine rings is 1. The number of hydrogen-bond donors (Lipinski definition) is 0. The molecule has 1 saturated heterocycles. The molecule has 21 heavy (non-hydrogen) atoms. The first-order valence-corrected chi connectivity index (χ1v) is 8.02. The molecule has 1 atom stereocenters. The molecule has 0 N–H and O–H groups in total. The van der Waals surface area contributed by atoms with E-state index in [9.17, 15) is 4.79 Å². The number of nitrogens with zero attached hydrogens (tertiary/aromatic N) is 3. The van der Waals surface area contributed by atoms with Gasteiger partial charge in [-0.05, 0) is 39.7 Å². The van der Waals surface area contributed by atoms with E-state index in [2.05, 4.69) is 10.1 Å². The molecule has 0 unspecified atom stereocenters. The molecule has 1 fully saturated rings. The van der Waals surface area contributed by atoms with Crippen LogP contribution in [0.5, 0.6) is 0 Å². The van der Waals surface area contributed by atoms with Crippen LogP contribution < -0.4 is 0 Å². The summed E-state index contributed by atoms with van der Waals surface area (Å²) in [5.41, 5.74) is 0.833. The van der Waals surface area contributed by atoms with E-state index in [-0.39, 0.29) is 11.8 Å². The molecule has 1 aliphatic rings. The third kappa shape index (κ3) is 2.85. The quantitative estimate of drug-likeness (QED) is 0.855. The molecule has 2 aromatic heterocycles. The van der Waals surface area contributed by atoms with Crippen molar-refractivity contribution in [3.63, 3.8) is 0 Å². The van der Waals surface area contributed by atoms with Gasteiger partial charge in [-0.2, -0.15) is 4.98 Å². The summed E-state index contributed by atoms with van der Waals surface area (Å²) >= 11 is 1.67. The molecule has 112 valence electrons. The Morgan fingerprint density at radius 2 is 2.24 bits per heavy atom. The molecule has 6 heteroatoms. The zero-order valence-corrected chi connectivity index (χ0v) is 13.4. The Morgan fingerprint density at radius 1 is 1.43 bits per heavy atom. The van der Waals surface area contributed by atoms with Gasteiger partial charge < -0.3 is 9.42 Å². The summed E-state index contributed by atoms with van der Waals surface area (Å²) in [6, 6.07) is 1.99. The van der Waals surface area contributed by atoms with Crippen LogP contribution in [0.25, 0.3) is 0 Å². The standard InChI is InChI=1S/C15H19N3O2S/c1-9-7-13(10(2)21-9)15(19)18-6-4-5-12(8-18)14-16-11(3)17-20-14/h7,12H,4-6,8H2,1-3H3/t12-/m1/s1. The molecule has 5 nitrogen and oxygen atoms in total. The normalized spacial score (nSPS) is 19.0. The Bertz CT molecular complexity index is 662. The van der Waals surface area contributed by atoms with Gasteiger partial charge in [-0.3, -0.25) is 4.79 Å². The number of amides is 1. The van der Waals surface area contributed by atoms with Gasteiger partial charge in [0.1, 0.15) is 0 Å². The van der Waals surface area contributed by atoms with Crippen molar-refractivity contribution in [1.82, 2.24) is 15.0 Å². The highest BCUT2D eigenvalue weighted by Gasteiger charge is 2.29. The summed E-state index contributed by atoms with van der Waals surface area (Å²) in [7, 11) is 0. The second-order valence-corrected chi connectivity index (χ2v) is 7.06. The molecule has 0 bridgehead atoms. The van der Waals surface area contributed by atoms with Gasteiger partial charge in [-0.15, -0.1) is 11.3 Å². The Kier molecular flexibility index (Phi) is 3.80. The monoisotopic (exact) mass is 305 g/mol. The first-order chi connectivity index (χ1) is 10.0. The van der Waals surface area contributed by atoms with E-state index in [1.54, 1.807) is 11.3 Å². The number of carbonyl (C=O) groups excluding carboxylic acids is 1. The minimum atomic E-state index is 0.123. The van der Waals surface area contributed by atoms with Crippen molar-refractivity contribution in [2.24, 2.45) is 0 Å². The summed E-state index contributed by atoms with van der Waals surface area (Å²) in [5.74, 6) is 1.59. The predicted molar refractivity (Wildman–Crippen MR) is 80.7 cm³/mol. The van der Waals surface area contributed by atoms with Gasteiger partial charge in [0.25, 0.3) is 5.91 Å². The van der Waals surface area contributed by atoms with Crippen molar-refractivity contribution in [1.29, 1.82) is 0 Å². The maximum absolute atomic E-state index is 12.7. The van der Waals surface area contributed by atoms with Crippen molar-refractivity contribution in [2.75, 3.05) is 13.1 Å². The molecule has 0 radical (unpaired) electrons. The lowest BCUT2D eigenvalue weighted by molar-refractivity contribution is 0.0695. The van der Waals surface area contributed by atoms with E-state index in [0.29, 0.717) is 18.3 Å². The van der Waals surface area contributed by atoms with Crippen LogP contribution in [-0.2, 0) is 0 Å². The number of thiophene rings is 1. The topological polar surface area (TPSA) is 59.2 Å². The average molecular weight is 305 g/mol. The van der Waals surface area contributed by atoms with E-state index < -0.39 is 0 Å². The molecule has 0 aromatic carbocycles. The summed E-state index contributed by atoms with van der Waals surface area (Å²) < 4.78 is 5.27. The SMILES string of the molecule is Cc1noc([C@@H]2CCCN(C(=O)c3cc(C)sc3C)C2)n1. The lowest BCUT2D eigenvalue weighted by Crippen LogP contribution is -2.39. The van der Waals surface area contributed by atoms with Gasteiger partial charge >= 0.3 is 0 Å². The Hall–Kier alpha value is -1.69. The lowest BCUT2D eigenvalue weighted by atomic mass is 9.97. The number of likely N-dealkylation sites (tertiary alicyclic amines) is 1. The van der Waals surface area contributed by atoms with Gasteiger partial charge in [-0.1, -0.05) is 5.16 Å². The average Bonchev–Trinajstić information content (AvgIpc) is 3.04. The van der Waals surface area contributed by atoms with Crippen LogP contribution in [0.3, 0.4) is 0 Å². The van der Waals surface area contributed by atoms with Crippen molar-refractivity contribution in [3.05, 3.63) is 33.1 Å². The maximum atomic E-state index is 12.7. The Morgan fingerprint density at radius 3 is 2.86 bits per heavy atom. The number of carbonyl (C=O) groups is 1. The van der Waals surface area contributed by atoms with Gasteiger partial charge in [0.15, 0.2) is 5.82 Å². The fraction of sp³-hybridized carbons (Fsp3) is 0.533. The van der Waals surface area contributed by atoms with Crippen LogP contribution in [0.4, 0.5) is 0 Å². The Labute approximate surface area is 128 Å². The first-order valence-electron chi connectivity index (χ1n) is 7.21. The molecule has 0 spiro atoms. The number of aromatic nitrogens is 2. The van der Waals surface area contributed by atoms with E-state index in [1.165, 1.54) is 4.88 Å². The van der Waals surface area contributed by atoms with Crippen molar-refractivity contribution in [2.45, 2.75) is 39.5 Å². The molecular formula is C15H19N3O2S. The molecule has 3 rings (SSSR count). The highest BCUT2D eigenvalue weighted by atomic mass is 32.1. The highest BCUT2D eigenvalue weighted by Crippen LogP contribution is 2.28. The second-order valence-electron chi connectivity index (χ2n) is 5.60. The zero-order chi connectivity index (χ0) is 15.0.